The number of aromatic nitrogens is 6. The normalized spacial score (nSPS) is 12.3. The molecule has 0 bridgehead atoms. The van der Waals surface area contributed by atoms with Gasteiger partial charge in [0.1, 0.15) is 12.2 Å². The first-order chi connectivity index (χ1) is 16.7. The molecule has 1 unspecified atom stereocenters. The van der Waals surface area contributed by atoms with E-state index in [1.807, 2.05) is 13.0 Å². The first-order valence-electron chi connectivity index (χ1n) is 10.9. The highest BCUT2D eigenvalue weighted by Crippen LogP contribution is 2.25. The second kappa shape index (κ2) is 9.47. The Hall–Kier alpha value is -4.37. The van der Waals surface area contributed by atoms with Gasteiger partial charge >= 0.3 is 0 Å². The Kier molecular flexibility index (Phi) is 6.44. The van der Waals surface area contributed by atoms with Crippen LogP contribution in [0.4, 0.5) is 15.8 Å². The molecule has 0 aromatic carbocycles. The Bertz CT molecular complexity index is 1410. The number of nitrogens with zero attached hydrogens (tertiary/aromatic N) is 7. The average Bonchev–Trinajstić information content (AvgIpc) is 3.47. The predicted octanol–water partition coefficient (Wildman–Crippen LogP) is 2.49. The molecule has 0 radical (unpaired) electrons. The highest BCUT2D eigenvalue weighted by atomic mass is 19.1. The van der Waals surface area contributed by atoms with Gasteiger partial charge in [-0.15, -0.1) is 0 Å². The maximum atomic E-state index is 14.2. The number of anilines is 2. The third-order valence-corrected chi connectivity index (χ3v) is 5.33. The summed E-state index contributed by atoms with van der Waals surface area (Å²) in [7, 11) is 0. The van der Waals surface area contributed by atoms with Gasteiger partial charge in [0.15, 0.2) is 11.5 Å². The number of nitrogens with one attached hydrogen (secondary N) is 2. The number of rotatable bonds is 8. The molecule has 1 atom stereocenters. The SMILES string of the molecule is CCn1cc(Nc2cc(-n3ncc4cc(C#N)cnc43)ncc2C(=O)NCC(F)C(C)(C)O)cn1. The van der Waals surface area contributed by atoms with Crippen molar-refractivity contribution in [3.05, 3.63) is 54.2 Å². The quantitative estimate of drug-likeness (QED) is 0.351. The number of alkyl halides is 1. The number of fused-ring (bicyclic) bond motifs is 1. The van der Waals surface area contributed by atoms with E-state index >= 15 is 0 Å². The molecule has 0 aliphatic rings. The minimum absolute atomic E-state index is 0.164. The van der Waals surface area contributed by atoms with Gasteiger partial charge in [-0.2, -0.15) is 20.1 Å². The summed E-state index contributed by atoms with van der Waals surface area (Å²) < 4.78 is 17.4. The van der Waals surface area contributed by atoms with E-state index in [-0.39, 0.29) is 12.1 Å². The highest BCUT2D eigenvalue weighted by molar-refractivity contribution is 6.00. The first kappa shape index (κ1) is 23.8. The van der Waals surface area contributed by atoms with Gasteiger partial charge in [0, 0.05) is 36.6 Å². The first-order valence-corrected chi connectivity index (χ1v) is 10.9. The molecular formula is C23H24FN9O2. The van der Waals surface area contributed by atoms with E-state index < -0.39 is 17.7 Å². The third-order valence-electron chi connectivity index (χ3n) is 5.33. The number of nitriles is 1. The zero-order valence-corrected chi connectivity index (χ0v) is 19.4. The van der Waals surface area contributed by atoms with Crippen molar-refractivity contribution in [3.8, 4) is 11.9 Å². The topological polar surface area (TPSA) is 147 Å². The molecule has 11 nitrogen and oxygen atoms in total. The van der Waals surface area contributed by atoms with Crippen LogP contribution in [0.3, 0.4) is 0 Å². The molecule has 0 saturated carbocycles. The van der Waals surface area contributed by atoms with Crippen molar-refractivity contribution >= 4 is 28.3 Å². The number of hydrogen-bond acceptors (Lipinski definition) is 8. The van der Waals surface area contributed by atoms with E-state index in [2.05, 4.69) is 30.8 Å². The summed E-state index contributed by atoms with van der Waals surface area (Å²) in [6.45, 7) is 4.91. The number of aryl methyl sites for hydroxylation is 1. The van der Waals surface area contributed by atoms with E-state index in [9.17, 15) is 14.3 Å². The summed E-state index contributed by atoms with van der Waals surface area (Å²) in [6, 6.07) is 5.33. The molecule has 0 aliphatic heterocycles. The van der Waals surface area contributed by atoms with Crippen LogP contribution >= 0.6 is 0 Å². The number of carbonyl (C=O) groups excluding carboxylic acids is 1. The zero-order valence-electron chi connectivity index (χ0n) is 19.4. The lowest BCUT2D eigenvalue weighted by Crippen LogP contribution is -2.42. The van der Waals surface area contributed by atoms with Gasteiger partial charge in [-0.1, -0.05) is 0 Å². The molecule has 180 valence electrons. The second-order valence-corrected chi connectivity index (χ2v) is 8.43. The Morgan fingerprint density at radius 1 is 1.23 bits per heavy atom. The van der Waals surface area contributed by atoms with Gasteiger partial charge in [0.2, 0.25) is 0 Å². The molecule has 0 spiro atoms. The summed E-state index contributed by atoms with van der Waals surface area (Å²) in [5.41, 5.74) is 0.495. The number of pyridine rings is 2. The summed E-state index contributed by atoms with van der Waals surface area (Å²) in [5.74, 6) is -0.192. The van der Waals surface area contributed by atoms with Crippen LogP contribution in [-0.4, -0.2) is 58.9 Å². The molecule has 4 heterocycles. The molecule has 3 N–H and O–H groups in total. The van der Waals surface area contributed by atoms with Gasteiger partial charge in [-0.3, -0.25) is 9.48 Å². The summed E-state index contributed by atoms with van der Waals surface area (Å²) in [6.07, 6.45) is 6.11. The number of carbonyl (C=O) groups is 1. The fourth-order valence-electron chi connectivity index (χ4n) is 3.28. The van der Waals surface area contributed by atoms with Crippen LogP contribution in [0.1, 0.15) is 36.7 Å². The lowest BCUT2D eigenvalue weighted by atomic mass is 10.0. The Morgan fingerprint density at radius 3 is 2.71 bits per heavy atom. The molecule has 4 rings (SSSR count). The number of hydrogen-bond donors (Lipinski definition) is 3. The van der Waals surface area contributed by atoms with Crippen molar-refractivity contribution in [2.24, 2.45) is 0 Å². The van der Waals surface area contributed by atoms with Crippen LogP contribution in [0.15, 0.2) is 43.1 Å². The summed E-state index contributed by atoms with van der Waals surface area (Å²) >= 11 is 0. The van der Waals surface area contributed by atoms with Crippen molar-refractivity contribution < 1.29 is 14.3 Å². The molecule has 0 aliphatic carbocycles. The fourth-order valence-corrected chi connectivity index (χ4v) is 3.28. The average molecular weight is 478 g/mol. The molecule has 12 heteroatoms. The maximum Gasteiger partial charge on any atom is 0.255 e. The maximum absolute atomic E-state index is 14.2. The second-order valence-electron chi connectivity index (χ2n) is 8.43. The van der Waals surface area contributed by atoms with Gasteiger partial charge in [0.25, 0.3) is 5.91 Å². The van der Waals surface area contributed by atoms with Crippen LogP contribution in [0, 0.1) is 11.3 Å². The van der Waals surface area contributed by atoms with E-state index in [1.54, 1.807) is 35.4 Å². The van der Waals surface area contributed by atoms with E-state index in [0.717, 1.165) is 0 Å². The molecule has 0 fully saturated rings. The molecule has 35 heavy (non-hydrogen) atoms. The zero-order chi connectivity index (χ0) is 25.2. The fraction of sp³-hybridized carbons (Fsp3) is 0.304. The Morgan fingerprint density at radius 2 is 2.03 bits per heavy atom. The lowest BCUT2D eigenvalue weighted by molar-refractivity contribution is -0.00177. The molecule has 4 aromatic heterocycles. The molecule has 1 amide bonds. The minimum atomic E-state index is -1.65. The largest absolute Gasteiger partial charge is 0.387 e. The predicted molar refractivity (Wildman–Crippen MR) is 126 cm³/mol. The van der Waals surface area contributed by atoms with E-state index in [4.69, 9.17) is 5.26 Å². The summed E-state index contributed by atoms with van der Waals surface area (Å²) in [5, 5.41) is 33.8. The van der Waals surface area contributed by atoms with Gasteiger partial charge < -0.3 is 15.7 Å². The smallest absolute Gasteiger partial charge is 0.255 e. The van der Waals surface area contributed by atoms with E-state index in [0.29, 0.717) is 40.3 Å². The minimum Gasteiger partial charge on any atom is -0.387 e. The Balaban J connectivity index is 1.70. The van der Waals surface area contributed by atoms with Crippen LogP contribution in [0.25, 0.3) is 16.9 Å². The lowest BCUT2D eigenvalue weighted by Gasteiger charge is -2.22. The number of amides is 1. The highest BCUT2D eigenvalue weighted by Gasteiger charge is 2.27. The van der Waals surface area contributed by atoms with Crippen LogP contribution in [0.2, 0.25) is 0 Å². The number of halogens is 1. The third kappa shape index (κ3) is 5.10. The van der Waals surface area contributed by atoms with Gasteiger partial charge in [-0.05, 0) is 26.8 Å². The van der Waals surface area contributed by atoms with Crippen molar-refractivity contribution in [1.82, 2.24) is 34.8 Å². The molecule has 4 aromatic rings. The number of aliphatic hydroxyl groups is 1. The van der Waals surface area contributed by atoms with Crippen LogP contribution in [0.5, 0.6) is 0 Å². The van der Waals surface area contributed by atoms with Gasteiger partial charge in [0.05, 0.1) is 47.0 Å². The van der Waals surface area contributed by atoms with E-state index in [1.165, 1.54) is 30.9 Å². The van der Waals surface area contributed by atoms with Crippen molar-refractivity contribution in [3.63, 3.8) is 0 Å². The Labute approximate surface area is 200 Å². The molecule has 0 saturated heterocycles. The van der Waals surface area contributed by atoms with Crippen molar-refractivity contribution in [2.45, 2.75) is 39.1 Å². The molecular weight excluding hydrogens is 453 g/mol. The van der Waals surface area contributed by atoms with Gasteiger partial charge in [-0.25, -0.2) is 14.4 Å². The van der Waals surface area contributed by atoms with Crippen molar-refractivity contribution in [2.75, 3.05) is 11.9 Å². The summed E-state index contributed by atoms with van der Waals surface area (Å²) in [4.78, 5) is 21.6. The standard InChI is InChI=1S/C23H24FN9O2/c1-4-32-13-16(10-29-32)31-18-6-20(33-21-15(9-30-33)5-14(7-25)8-27-21)26-11-17(18)22(34)28-12-19(24)23(2,3)35/h5-6,8-11,13,19,35H,4,12H2,1-3H3,(H,26,31)(H,28,34). The van der Waals surface area contributed by atoms with Crippen LogP contribution < -0.4 is 10.6 Å². The monoisotopic (exact) mass is 477 g/mol. The van der Waals surface area contributed by atoms with Crippen LogP contribution in [-0.2, 0) is 6.54 Å². The van der Waals surface area contributed by atoms with Crippen molar-refractivity contribution in [1.29, 1.82) is 5.26 Å².